The van der Waals surface area contributed by atoms with E-state index in [4.69, 9.17) is 4.74 Å². The second kappa shape index (κ2) is 7.84. The van der Waals surface area contributed by atoms with E-state index in [0.29, 0.717) is 6.04 Å². The second-order valence-corrected chi connectivity index (χ2v) is 6.71. The molecule has 1 aromatic carbocycles. The molecule has 2 nitrogen and oxygen atoms in total. The zero-order chi connectivity index (χ0) is 15.2. The first-order chi connectivity index (χ1) is 10.2. The van der Waals surface area contributed by atoms with Gasteiger partial charge in [0.05, 0.1) is 7.11 Å². The van der Waals surface area contributed by atoms with Gasteiger partial charge in [-0.25, -0.2) is 0 Å². The van der Waals surface area contributed by atoms with Crippen LogP contribution >= 0.6 is 0 Å². The summed E-state index contributed by atoms with van der Waals surface area (Å²) in [5.41, 5.74) is 1.33. The van der Waals surface area contributed by atoms with E-state index < -0.39 is 0 Å². The highest BCUT2D eigenvalue weighted by atomic mass is 16.5. The Morgan fingerprint density at radius 3 is 2.62 bits per heavy atom. The van der Waals surface area contributed by atoms with E-state index in [1.54, 1.807) is 7.11 Å². The maximum atomic E-state index is 5.52. The Hall–Kier alpha value is -1.02. The van der Waals surface area contributed by atoms with Gasteiger partial charge < -0.3 is 10.1 Å². The van der Waals surface area contributed by atoms with Crippen molar-refractivity contribution in [3.63, 3.8) is 0 Å². The van der Waals surface area contributed by atoms with E-state index in [-0.39, 0.29) is 0 Å². The molecule has 4 unspecified atom stereocenters. The number of benzene rings is 1. The van der Waals surface area contributed by atoms with Gasteiger partial charge in [0, 0.05) is 6.04 Å². The number of para-hydroxylation sites is 1. The molecule has 4 atom stereocenters. The molecule has 0 radical (unpaired) electrons. The third-order valence-corrected chi connectivity index (χ3v) is 5.31. The third-order valence-electron chi connectivity index (χ3n) is 5.31. The quantitative estimate of drug-likeness (QED) is 0.843. The highest BCUT2D eigenvalue weighted by Gasteiger charge is 2.30. The summed E-state index contributed by atoms with van der Waals surface area (Å²) in [6.45, 7) is 8.08. The van der Waals surface area contributed by atoms with E-state index in [2.05, 4.69) is 50.4 Å². The van der Waals surface area contributed by atoms with Gasteiger partial charge in [0.1, 0.15) is 5.75 Å². The molecule has 1 aliphatic carbocycles. The lowest BCUT2D eigenvalue weighted by Crippen LogP contribution is -2.41. The number of ether oxygens (including phenoxy) is 1. The molecular formula is C19H31NO. The minimum atomic E-state index is 0.571. The normalized spacial score (nSPS) is 27.3. The highest BCUT2D eigenvalue weighted by molar-refractivity contribution is 5.34. The fraction of sp³-hybridized carbons (Fsp3) is 0.684. The largest absolute Gasteiger partial charge is 0.496 e. The van der Waals surface area contributed by atoms with Gasteiger partial charge in [-0.05, 0) is 55.2 Å². The molecule has 0 amide bonds. The van der Waals surface area contributed by atoms with Crippen LogP contribution in [0, 0.1) is 17.8 Å². The summed E-state index contributed by atoms with van der Waals surface area (Å²) in [5, 5.41) is 3.73. The smallest absolute Gasteiger partial charge is 0.122 e. The van der Waals surface area contributed by atoms with E-state index in [1.807, 2.05) is 0 Å². The van der Waals surface area contributed by atoms with Crippen molar-refractivity contribution < 1.29 is 4.74 Å². The Morgan fingerprint density at radius 2 is 1.95 bits per heavy atom. The monoisotopic (exact) mass is 289 g/mol. The molecule has 1 aliphatic rings. The van der Waals surface area contributed by atoms with Crippen molar-refractivity contribution in [1.82, 2.24) is 5.32 Å². The Kier molecular flexibility index (Phi) is 6.10. The second-order valence-electron chi connectivity index (χ2n) is 6.71. The lowest BCUT2D eigenvalue weighted by atomic mass is 9.72. The Balaban J connectivity index is 2.08. The van der Waals surface area contributed by atoms with Crippen molar-refractivity contribution in [2.75, 3.05) is 13.7 Å². The summed E-state index contributed by atoms with van der Waals surface area (Å²) >= 11 is 0. The molecule has 2 heteroatoms. The van der Waals surface area contributed by atoms with Crippen molar-refractivity contribution in [2.45, 2.75) is 52.5 Å². The molecule has 1 N–H and O–H groups in total. The molecule has 1 saturated carbocycles. The van der Waals surface area contributed by atoms with Crippen LogP contribution in [-0.4, -0.2) is 19.7 Å². The maximum absolute atomic E-state index is 5.52. The maximum Gasteiger partial charge on any atom is 0.122 e. The molecule has 21 heavy (non-hydrogen) atoms. The van der Waals surface area contributed by atoms with Gasteiger partial charge in [-0.2, -0.15) is 0 Å². The van der Waals surface area contributed by atoms with E-state index in [0.717, 1.165) is 36.5 Å². The molecule has 0 heterocycles. The Morgan fingerprint density at radius 1 is 1.19 bits per heavy atom. The molecule has 118 valence electrons. The Labute approximate surface area is 130 Å². The predicted molar refractivity (Wildman–Crippen MR) is 89.8 cm³/mol. The number of methoxy groups -OCH3 is 1. The van der Waals surface area contributed by atoms with Crippen LogP contribution in [0.25, 0.3) is 0 Å². The fourth-order valence-electron chi connectivity index (χ4n) is 3.73. The third kappa shape index (κ3) is 4.23. The lowest BCUT2D eigenvalue weighted by molar-refractivity contribution is 0.170. The first kappa shape index (κ1) is 16.4. The van der Waals surface area contributed by atoms with Crippen LogP contribution in [0.5, 0.6) is 5.75 Å². The first-order valence-electron chi connectivity index (χ1n) is 8.51. The van der Waals surface area contributed by atoms with Crippen LogP contribution in [0.4, 0.5) is 0 Å². The van der Waals surface area contributed by atoms with Gasteiger partial charge in [0.25, 0.3) is 0 Å². The van der Waals surface area contributed by atoms with Crippen LogP contribution in [0.15, 0.2) is 24.3 Å². The number of rotatable bonds is 6. The summed E-state index contributed by atoms with van der Waals surface area (Å²) in [7, 11) is 1.77. The minimum Gasteiger partial charge on any atom is -0.496 e. The van der Waals surface area contributed by atoms with Crippen molar-refractivity contribution in [3.05, 3.63) is 29.8 Å². The van der Waals surface area contributed by atoms with Crippen molar-refractivity contribution in [1.29, 1.82) is 0 Å². The minimum absolute atomic E-state index is 0.571. The molecule has 1 aromatic rings. The molecular weight excluding hydrogens is 258 g/mol. The predicted octanol–water partition coefficient (Wildman–Crippen LogP) is 4.29. The van der Waals surface area contributed by atoms with Gasteiger partial charge in [-0.1, -0.05) is 45.4 Å². The number of nitrogens with one attached hydrogen (secondary N) is 1. The summed E-state index contributed by atoms with van der Waals surface area (Å²) in [6, 6.07) is 9.02. The molecule has 0 aromatic heterocycles. The van der Waals surface area contributed by atoms with Crippen LogP contribution < -0.4 is 10.1 Å². The van der Waals surface area contributed by atoms with Crippen molar-refractivity contribution in [3.8, 4) is 5.75 Å². The van der Waals surface area contributed by atoms with Gasteiger partial charge in [0.15, 0.2) is 0 Å². The lowest BCUT2D eigenvalue weighted by Gasteiger charge is -2.37. The topological polar surface area (TPSA) is 21.3 Å². The highest BCUT2D eigenvalue weighted by Crippen LogP contribution is 2.36. The molecule has 0 saturated heterocycles. The zero-order valence-corrected chi connectivity index (χ0v) is 14.1. The van der Waals surface area contributed by atoms with Gasteiger partial charge in [-0.3, -0.25) is 0 Å². The van der Waals surface area contributed by atoms with Gasteiger partial charge in [-0.15, -0.1) is 0 Å². The summed E-state index contributed by atoms with van der Waals surface area (Å²) < 4.78 is 5.52. The summed E-state index contributed by atoms with van der Waals surface area (Å²) in [6.07, 6.45) is 5.16. The SMILES string of the molecule is CCNC(Cc1ccccc1OC)C1CCC(C)C(C)C1. The zero-order valence-electron chi connectivity index (χ0n) is 14.1. The van der Waals surface area contributed by atoms with Crippen LogP contribution in [0.2, 0.25) is 0 Å². The Bertz CT molecular complexity index is 431. The summed E-state index contributed by atoms with van der Waals surface area (Å²) in [4.78, 5) is 0. The number of likely N-dealkylation sites (N-methyl/N-ethyl adjacent to an activating group) is 1. The van der Waals surface area contributed by atoms with E-state index in [1.165, 1.54) is 24.8 Å². The van der Waals surface area contributed by atoms with Crippen LogP contribution in [-0.2, 0) is 6.42 Å². The summed E-state index contributed by atoms with van der Waals surface area (Å²) in [5.74, 6) is 3.55. The van der Waals surface area contributed by atoms with Crippen molar-refractivity contribution >= 4 is 0 Å². The van der Waals surface area contributed by atoms with Crippen LogP contribution in [0.3, 0.4) is 0 Å². The standard InChI is InChI=1S/C19H31NO/c1-5-20-18(16-11-10-14(2)15(3)12-16)13-17-8-6-7-9-19(17)21-4/h6-9,14-16,18,20H,5,10-13H2,1-4H3. The van der Waals surface area contributed by atoms with E-state index in [9.17, 15) is 0 Å². The molecule has 1 fully saturated rings. The fourth-order valence-corrected chi connectivity index (χ4v) is 3.73. The van der Waals surface area contributed by atoms with Gasteiger partial charge in [0.2, 0.25) is 0 Å². The molecule has 2 rings (SSSR count). The van der Waals surface area contributed by atoms with Crippen molar-refractivity contribution in [2.24, 2.45) is 17.8 Å². The van der Waals surface area contributed by atoms with E-state index >= 15 is 0 Å². The number of hydrogen-bond acceptors (Lipinski definition) is 2. The average molecular weight is 289 g/mol. The molecule has 0 aliphatic heterocycles. The first-order valence-corrected chi connectivity index (χ1v) is 8.51. The number of hydrogen-bond donors (Lipinski definition) is 1. The molecule has 0 spiro atoms. The van der Waals surface area contributed by atoms with Crippen LogP contribution in [0.1, 0.15) is 45.6 Å². The molecule has 0 bridgehead atoms. The average Bonchev–Trinajstić information content (AvgIpc) is 2.50. The van der Waals surface area contributed by atoms with Gasteiger partial charge >= 0.3 is 0 Å².